The van der Waals surface area contributed by atoms with Gasteiger partial charge in [-0.05, 0) is 55.5 Å². The maximum absolute atomic E-state index is 12.3. The lowest BCUT2D eigenvalue weighted by molar-refractivity contribution is 0.0955. The van der Waals surface area contributed by atoms with Crippen molar-refractivity contribution in [3.63, 3.8) is 0 Å². The Labute approximate surface area is 156 Å². The lowest BCUT2D eigenvalue weighted by atomic mass is 10.2. The highest BCUT2D eigenvalue weighted by Crippen LogP contribution is 2.21. The van der Waals surface area contributed by atoms with E-state index in [0.29, 0.717) is 28.5 Å². The summed E-state index contributed by atoms with van der Waals surface area (Å²) < 4.78 is 7.46. The molecule has 1 amide bonds. The van der Waals surface area contributed by atoms with Crippen LogP contribution in [-0.4, -0.2) is 23.3 Å². The molecule has 6 heteroatoms. The van der Waals surface area contributed by atoms with Gasteiger partial charge < -0.3 is 9.30 Å². The molecule has 0 atom stereocenters. The Hall–Kier alpha value is -3.05. The maximum Gasteiger partial charge on any atom is 0.271 e. The molecular weight excluding hydrogens is 350 g/mol. The average Bonchev–Trinajstić information content (AvgIpc) is 3.19. The van der Waals surface area contributed by atoms with E-state index in [-0.39, 0.29) is 5.91 Å². The molecular formula is C20H18ClN3O2. The Balaban J connectivity index is 1.72. The van der Waals surface area contributed by atoms with Gasteiger partial charge in [0.15, 0.2) is 0 Å². The SMILES string of the molecule is CCOc1ccc(Cl)cc1/C=N/NC(=O)c1cccc(-n2cccc2)c1. The van der Waals surface area contributed by atoms with Gasteiger partial charge in [0.25, 0.3) is 5.91 Å². The molecule has 1 N–H and O–H groups in total. The second-order valence-electron chi connectivity index (χ2n) is 5.45. The zero-order chi connectivity index (χ0) is 18.4. The molecule has 1 aromatic heterocycles. The van der Waals surface area contributed by atoms with Crippen molar-refractivity contribution in [2.24, 2.45) is 5.10 Å². The Kier molecular flexibility index (Phi) is 5.71. The first kappa shape index (κ1) is 17.8. The van der Waals surface area contributed by atoms with Gasteiger partial charge in [0.2, 0.25) is 0 Å². The number of ether oxygens (including phenoxy) is 1. The fourth-order valence-corrected chi connectivity index (χ4v) is 2.63. The number of aromatic nitrogens is 1. The van der Waals surface area contributed by atoms with E-state index in [4.69, 9.17) is 16.3 Å². The van der Waals surface area contributed by atoms with E-state index in [1.54, 1.807) is 30.3 Å². The van der Waals surface area contributed by atoms with Gasteiger partial charge in [-0.2, -0.15) is 5.10 Å². The van der Waals surface area contributed by atoms with Crippen LogP contribution < -0.4 is 10.2 Å². The van der Waals surface area contributed by atoms with Crippen LogP contribution in [0, 0.1) is 0 Å². The first-order valence-electron chi connectivity index (χ1n) is 8.16. The van der Waals surface area contributed by atoms with Crippen LogP contribution in [-0.2, 0) is 0 Å². The number of amides is 1. The highest BCUT2D eigenvalue weighted by Gasteiger charge is 2.06. The lowest BCUT2D eigenvalue weighted by Crippen LogP contribution is -2.17. The number of hydrogen-bond acceptors (Lipinski definition) is 3. The molecule has 1 heterocycles. The summed E-state index contributed by atoms with van der Waals surface area (Å²) >= 11 is 6.01. The standard InChI is InChI=1S/C20H18ClN3O2/c1-2-26-19-9-8-17(21)12-16(19)14-22-23-20(25)15-6-5-7-18(13-15)24-10-3-4-11-24/h3-14H,2H2,1H3,(H,23,25)/b22-14+. The molecule has 26 heavy (non-hydrogen) atoms. The molecule has 132 valence electrons. The summed E-state index contributed by atoms with van der Waals surface area (Å²) in [5.41, 5.74) is 4.65. The van der Waals surface area contributed by atoms with Gasteiger partial charge in [-0.1, -0.05) is 17.7 Å². The fraction of sp³-hybridized carbons (Fsp3) is 0.100. The van der Waals surface area contributed by atoms with Crippen LogP contribution in [0.4, 0.5) is 0 Å². The molecule has 0 unspecified atom stereocenters. The van der Waals surface area contributed by atoms with E-state index in [2.05, 4.69) is 10.5 Å². The third kappa shape index (κ3) is 4.32. The summed E-state index contributed by atoms with van der Waals surface area (Å²) in [6.07, 6.45) is 5.36. The summed E-state index contributed by atoms with van der Waals surface area (Å²) in [5, 5.41) is 4.59. The number of nitrogens with one attached hydrogen (secondary N) is 1. The molecule has 3 aromatic rings. The normalized spacial score (nSPS) is 10.8. The van der Waals surface area contributed by atoms with Crippen LogP contribution in [0.5, 0.6) is 5.75 Å². The molecule has 0 aliphatic rings. The van der Waals surface area contributed by atoms with E-state index in [9.17, 15) is 4.79 Å². The van der Waals surface area contributed by atoms with Crippen LogP contribution >= 0.6 is 11.6 Å². The smallest absolute Gasteiger partial charge is 0.271 e. The highest BCUT2D eigenvalue weighted by molar-refractivity contribution is 6.30. The average molecular weight is 368 g/mol. The van der Waals surface area contributed by atoms with Gasteiger partial charge in [0, 0.05) is 34.2 Å². The van der Waals surface area contributed by atoms with Gasteiger partial charge in [0.1, 0.15) is 5.75 Å². The van der Waals surface area contributed by atoms with E-state index >= 15 is 0 Å². The molecule has 0 aliphatic heterocycles. The number of halogens is 1. The Morgan fingerprint density at radius 1 is 1.19 bits per heavy atom. The Morgan fingerprint density at radius 2 is 2.00 bits per heavy atom. The largest absolute Gasteiger partial charge is 0.493 e. The third-order valence-electron chi connectivity index (χ3n) is 3.65. The van der Waals surface area contributed by atoms with E-state index < -0.39 is 0 Å². The zero-order valence-corrected chi connectivity index (χ0v) is 15.0. The molecule has 0 spiro atoms. The number of rotatable bonds is 6. The second-order valence-corrected chi connectivity index (χ2v) is 5.89. The lowest BCUT2D eigenvalue weighted by Gasteiger charge is -2.07. The van der Waals surface area contributed by atoms with Gasteiger partial charge in [-0.25, -0.2) is 5.43 Å². The van der Waals surface area contributed by atoms with E-state index in [1.807, 2.05) is 48.1 Å². The number of benzene rings is 2. The Bertz CT molecular complexity index is 921. The molecule has 0 aliphatic carbocycles. The second kappa shape index (κ2) is 8.36. The van der Waals surface area contributed by atoms with Gasteiger partial charge in [-0.15, -0.1) is 0 Å². The summed E-state index contributed by atoms with van der Waals surface area (Å²) in [7, 11) is 0. The van der Waals surface area contributed by atoms with Crippen LogP contribution in [0.25, 0.3) is 5.69 Å². The van der Waals surface area contributed by atoms with Gasteiger partial charge >= 0.3 is 0 Å². The van der Waals surface area contributed by atoms with Crippen molar-refractivity contribution in [3.8, 4) is 11.4 Å². The van der Waals surface area contributed by atoms with Crippen molar-refractivity contribution >= 4 is 23.7 Å². The van der Waals surface area contributed by atoms with Crippen molar-refractivity contribution in [1.29, 1.82) is 0 Å². The van der Waals surface area contributed by atoms with Gasteiger partial charge in [0.05, 0.1) is 12.8 Å². The molecule has 2 aromatic carbocycles. The minimum atomic E-state index is -0.296. The number of hydrogen-bond donors (Lipinski definition) is 1. The monoisotopic (exact) mass is 367 g/mol. The van der Waals surface area contributed by atoms with Gasteiger partial charge in [-0.3, -0.25) is 4.79 Å². The molecule has 5 nitrogen and oxygen atoms in total. The third-order valence-corrected chi connectivity index (χ3v) is 3.89. The predicted octanol–water partition coefficient (Wildman–Crippen LogP) is 4.29. The van der Waals surface area contributed by atoms with Crippen LogP contribution in [0.3, 0.4) is 0 Å². The molecule has 3 rings (SSSR count). The highest BCUT2D eigenvalue weighted by atomic mass is 35.5. The van der Waals surface area contributed by atoms with Crippen LogP contribution in [0.2, 0.25) is 5.02 Å². The number of nitrogens with zero attached hydrogens (tertiary/aromatic N) is 2. The van der Waals surface area contributed by atoms with Crippen LogP contribution in [0.1, 0.15) is 22.8 Å². The minimum Gasteiger partial charge on any atom is -0.493 e. The Morgan fingerprint density at radius 3 is 2.77 bits per heavy atom. The fourth-order valence-electron chi connectivity index (χ4n) is 2.45. The first-order chi connectivity index (χ1) is 12.7. The van der Waals surface area contributed by atoms with Crippen molar-refractivity contribution in [2.75, 3.05) is 6.61 Å². The number of carbonyl (C=O) groups excluding carboxylic acids is 1. The topological polar surface area (TPSA) is 55.6 Å². The molecule has 0 radical (unpaired) electrons. The van der Waals surface area contributed by atoms with Crippen molar-refractivity contribution in [2.45, 2.75) is 6.92 Å². The molecule has 0 saturated heterocycles. The van der Waals surface area contributed by atoms with Crippen molar-refractivity contribution in [3.05, 3.63) is 83.1 Å². The molecule has 0 fully saturated rings. The first-order valence-corrected chi connectivity index (χ1v) is 8.54. The van der Waals surface area contributed by atoms with Crippen LogP contribution in [0.15, 0.2) is 72.1 Å². The minimum absolute atomic E-state index is 0.296. The summed E-state index contributed by atoms with van der Waals surface area (Å²) in [5.74, 6) is 0.361. The maximum atomic E-state index is 12.3. The quantitative estimate of drug-likeness (QED) is 0.522. The van der Waals surface area contributed by atoms with E-state index in [0.717, 1.165) is 5.69 Å². The summed E-state index contributed by atoms with van der Waals surface area (Å²) in [4.78, 5) is 12.3. The summed E-state index contributed by atoms with van der Waals surface area (Å²) in [6, 6.07) is 16.4. The predicted molar refractivity (Wildman–Crippen MR) is 103 cm³/mol. The van der Waals surface area contributed by atoms with E-state index in [1.165, 1.54) is 6.21 Å². The number of carbonyl (C=O) groups is 1. The molecule has 0 bridgehead atoms. The molecule has 0 saturated carbocycles. The summed E-state index contributed by atoms with van der Waals surface area (Å²) in [6.45, 7) is 2.43. The number of hydrazone groups is 1. The van der Waals surface area contributed by atoms with Crippen molar-refractivity contribution < 1.29 is 9.53 Å². The van der Waals surface area contributed by atoms with Crippen molar-refractivity contribution in [1.82, 2.24) is 9.99 Å². The zero-order valence-electron chi connectivity index (χ0n) is 14.2.